The first-order valence-electron chi connectivity index (χ1n) is 6.28. The molecule has 0 aromatic carbocycles. The highest BCUT2D eigenvalue weighted by atomic mass is 16.3. The fourth-order valence-corrected chi connectivity index (χ4v) is 2.52. The van der Waals surface area contributed by atoms with E-state index in [0.29, 0.717) is 6.04 Å². The maximum atomic E-state index is 9.31. The van der Waals surface area contributed by atoms with Gasteiger partial charge in [0, 0.05) is 24.7 Å². The highest BCUT2D eigenvalue weighted by molar-refractivity contribution is 4.82. The van der Waals surface area contributed by atoms with Gasteiger partial charge in [-0.2, -0.15) is 0 Å². The van der Waals surface area contributed by atoms with Crippen LogP contribution in [0.2, 0.25) is 0 Å². The molecule has 0 bridgehead atoms. The predicted octanol–water partition coefficient (Wildman–Crippen LogP) is 1.22. The van der Waals surface area contributed by atoms with Crippen LogP contribution in [0.1, 0.15) is 40.0 Å². The second-order valence-corrected chi connectivity index (χ2v) is 4.90. The van der Waals surface area contributed by atoms with Gasteiger partial charge in [0.1, 0.15) is 0 Å². The molecule has 1 heterocycles. The van der Waals surface area contributed by atoms with Gasteiger partial charge in [0.25, 0.3) is 0 Å². The van der Waals surface area contributed by atoms with Crippen molar-refractivity contribution in [2.24, 2.45) is 0 Å². The lowest BCUT2D eigenvalue weighted by atomic mass is 10.1. The van der Waals surface area contributed by atoms with E-state index in [4.69, 9.17) is 0 Å². The largest absolute Gasteiger partial charge is 0.395 e. The molecular formula is C12H26N2O. The predicted molar refractivity (Wildman–Crippen MR) is 64.0 cm³/mol. The molecule has 1 aliphatic heterocycles. The van der Waals surface area contributed by atoms with Gasteiger partial charge in [0.15, 0.2) is 0 Å². The summed E-state index contributed by atoms with van der Waals surface area (Å²) in [7, 11) is 0. The summed E-state index contributed by atoms with van der Waals surface area (Å²) in [6.07, 6.45) is 3.88. The number of aliphatic hydroxyl groups is 1. The van der Waals surface area contributed by atoms with Crippen LogP contribution in [-0.4, -0.2) is 47.8 Å². The highest BCUT2D eigenvalue weighted by Crippen LogP contribution is 2.19. The van der Waals surface area contributed by atoms with Crippen molar-refractivity contribution in [2.75, 3.05) is 19.7 Å². The Balaban J connectivity index is 2.36. The number of aliphatic hydroxyl groups excluding tert-OH is 1. The number of rotatable bonds is 6. The number of nitrogens with zero attached hydrogens (tertiary/aromatic N) is 1. The molecule has 0 saturated carbocycles. The topological polar surface area (TPSA) is 35.5 Å². The number of hydrogen-bond acceptors (Lipinski definition) is 3. The first-order chi connectivity index (χ1) is 7.17. The molecule has 1 aliphatic rings. The number of hydrogen-bond donors (Lipinski definition) is 2. The van der Waals surface area contributed by atoms with Crippen LogP contribution in [0.4, 0.5) is 0 Å². The van der Waals surface area contributed by atoms with Crippen LogP contribution in [0.3, 0.4) is 0 Å². The minimum Gasteiger partial charge on any atom is -0.395 e. The van der Waals surface area contributed by atoms with Gasteiger partial charge in [-0.15, -0.1) is 0 Å². The number of likely N-dealkylation sites (tertiary alicyclic amines) is 1. The van der Waals surface area contributed by atoms with Gasteiger partial charge in [0.05, 0.1) is 6.61 Å². The summed E-state index contributed by atoms with van der Waals surface area (Å²) in [4.78, 5) is 2.52. The second kappa shape index (κ2) is 6.46. The SMILES string of the molecule is CCC1CCCN1CC(CO)NC(C)C. The van der Waals surface area contributed by atoms with Crippen LogP contribution in [-0.2, 0) is 0 Å². The van der Waals surface area contributed by atoms with E-state index in [9.17, 15) is 5.11 Å². The van der Waals surface area contributed by atoms with E-state index in [2.05, 4.69) is 31.0 Å². The second-order valence-electron chi connectivity index (χ2n) is 4.90. The smallest absolute Gasteiger partial charge is 0.0597 e. The third-order valence-corrected chi connectivity index (χ3v) is 3.21. The Morgan fingerprint density at radius 2 is 2.20 bits per heavy atom. The minimum atomic E-state index is 0.233. The van der Waals surface area contributed by atoms with Gasteiger partial charge in [0.2, 0.25) is 0 Å². The molecular weight excluding hydrogens is 188 g/mol. The average molecular weight is 214 g/mol. The summed E-state index contributed by atoms with van der Waals surface area (Å²) < 4.78 is 0. The molecule has 0 amide bonds. The third-order valence-electron chi connectivity index (χ3n) is 3.21. The van der Waals surface area contributed by atoms with Gasteiger partial charge in [-0.3, -0.25) is 4.90 Å². The maximum Gasteiger partial charge on any atom is 0.0597 e. The maximum absolute atomic E-state index is 9.31. The summed E-state index contributed by atoms with van der Waals surface area (Å²) in [6.45, 7) is 8.95. The standard InChI is InChI=1S/C12H26N2O/c1-4-12-6-5-7-14(12)8-11(9-15)13-10(2)3/h10-13,15H,4-9H2,1-3H3. The minimum absolute atomic E-state index is 0.233. The zero-order chi connectivity index (χ0) is 11.3. The molecule has 2 N–H and O–H groups in total. The van der Waals surface area contributed by atoms with Crippen LogP contribution in [0.5, 0.6) is 0 Å². The average Bonchev–Trinajstić information content (AvgIpc) is 2.63. The zero-order valence-corrected chi connectivity index (χ0v) is 10.4. The molecule has 3 heteroatoms. The Morgan fingerprint density at radius 1 is 1.47 bits per heavy atom. The monoisotopic (exact) mass is 214 g/mol. The van der Waals surface area contributed by atoms with Crippen molar-refractivity contribution < 1.29 is 5.11 Å². The Morgan fingerprint density at radius 3 is 2.73 bits per heavy atom. The molecule has 15 heavy (non-hydrogen) atoms. The lowest BCUT2D eigenvalue weighted by molar-refractivity contribution is 0.165. The third kappa shape index (κ3) is 4.09. The fourth-order valence-electron chi connectivity index (χ4n) is 2.52. The van der Waals surface area contributed by atoms with Gasteiger partial charge < -0.3 is 10.4 Å². The highest BCUT2D eigenvalue weighted by Gasteiger charge is 2.25. The van der Waals surface area contributed by atoms with Gasteiger partial charge in [-0.25, -0.2) is 0 Å². The van der Waals surface area contributed by atoms with E-state index >= 15 is 0 Å². The molecule has 0 radical (unpaired) electrons. The van der Waals surface area contributed by atoms with Crippen molar-refractivity contribution in [2.45, 2.75) is 58.2 Å². The summed E-state index contributed by atoms with van der Waals surface area (Å²) in [6, 6.07) is 1.43. The Kier molecular flexibility index (Phi) is 5.58. The van der Waals surface area contributed by atoms with Crippen molar-refractivity contribution >= 4 is 0 Å². The van der Waals surface area contributed by atoms with Crippen LogP contribution in [0, 0.1) is 0 Å². The Hall–Kier alpha value is -0.120. The summed E-state index contributed by atoms with van der Waals surface area (Å²) in [5.41, 5.74) is 0. The molecule has 0 aromatic heterocycles. The first-order valence-corrected chi connectivity index (χ1v) is 6.28. The molecule has 90 valence electrons. The van der Waals surface area contributed by atoms with E-state index in [1.807, 2.05) is 0 Å². The van der Waals surface area contributed by atoms with Crippen LogP contribution < -0.4 is 5.32 Å². The normalized spacial score (nSPS) is 25.0. The van der Waals surface area contributed by atoms with E-state index in [1.54, 1.807) is 0 Å². The molecule has 3 nitrogen and oxygen atoms in total. The summed E-state index contributed by atoms with van der Waals surface area (Å²) in [5.74, 6) is 0. The quantitative estimate of drug-likeness (QED) is 0.698. The van der Waals surface area contributed by atoms with E-state index in [1.165, 1.54) is 25.8 Å². The van der Waals surface area contributed by atoms with E-state index < -0.39 is 0 Å². The summed E-state index contributed by atoms with van der Waals surface area (Å²) in [5, 5.41) is 12.7. The van der Waals surface area contributed by atoms with Gasteiger partial charge in [-0.1, -0.05) is 20.8 Å². The van der Waals surface area contributed by atoms with Crippen molar-refractivity contribution in [1.82, 2.24) is 10.2 Å². The van der Waals surface area contributed by atoms with Gasteiger partial charge in [-0.05, 0) is 25.8 Å². The lowest BCUT2D eigenvalue weighted by Crippen LogP contribution is -2.47. The number of nitrogens with one attached hydrogen (secondary N) is 1. The molecule has 0 aromatic rings. The van der Waals surface area contributed by atoms with E-state index in [0.717, 1.165) is 12.6 Å². The molecule has 0 aliphatic carbocycles. The van der Waals surface area contributed by atoms with Crippen molar-refractivity contribution in [1.29, 1.82) is 0 Å². The van der Waals surface area contributed by atoms with Gasteiger partial charge >= 0.3 is 0 Å². The summed E-state index contributed by atoms with van der Waals surface area (Å²) >= 11 is 0. The van der Waals surface area contributed by atoms with Crippen LogP contribution in [0.25, 0.3) is 0 Å². The Labute approximate surface area is 93.9 Å². The molecule has 2 atom stereocenters. The fraction of sp³-hybridized carbons (Fsp3) is 1.00. The first kappa shape index (κ1) is 12.9. The van der Waals surface area contributed by atoms with Crippen molar-refractivity contribution in [3.8, 4) is 0 Å². The molecule has 1 rings (SSSR count). The lowest BCUT2D eigenvalue weighted by Gasteiger charge is -2.29. The van der Waals surface area contributed by atoms with Crippen molar-refractivity contribution in [3.05, 3.63) is 0 Å². The van der Waals surface area contributed by atoms with Crippen LogP contribution >= 0.6 is 0 Å². The van der Waals surface area contributed by atoms with Crippen molar-refractivity contribution in [3.63, 3.8) is 0 Å². The molecule has 1 fully saturated rings. The molecule has 0 spiro atoms. The zero-order valence-electron chi connectivity index (χ0n) is 10.4. The van der Waals surface area contributed by atoms with E-state index in [-0.39, 0.29) is 12.6 Å². The molecule has 2 unspecified atom stereocenters. The van der Waals surface area contributed by atoms with Crippen LogP contribution in [0.15, 0.2) is 0 Å². The Bertz CT molecular complexity index is 173. The molecule has 1 saturated heterocycles.